The number of nitrogens with zero attached hydrogens (tertiary/aromatic N) is 3. The van der Waals surface area contributed by atoms with Gasteiger partial charge in [0.2, 0.25) is 0 Å². The van der Waals surface area contributed by atoms with Crippen molar-refractivity contribution in [2.24, 2.45) is 0 Å². The lowest BCUT2D eigenvalue weighted by Gasteiger charge is -2.29. The van der Waals surface area contributed by atoms with Crippen LogP contribution in [-0.4, -0.2) is 68.8 Å². The molecule has 2 aromatic heterocycles. The van der Waals surface area contributed by atoms with Crippen molar-refractivity contribution in [1.29, 1.82) is 0 Å². The second-order valence-corrected chi connectivity index (χ2v) is 12.3. The summed E-state index contributed by atoms with van der Waals surface area (Å²) < 4.78 is 15.9. The number of aliphatic hydroxyl groups is 1. The fraction of sp³-hybridized carbons (Fsp3) is 0.364. The molecule has 0 bridgehead atoms. The number of rotatable bonds is 9. The zero-order valence-electron chi connectivity index (χ0n) is 24.0. The number of aliphatic hydroxyl groups excluding tert-OH is 1. The van der Waals surface area contributed by atoms with E-state index >= 15 is 0 Å². The summed E-state index contributed by atoms with van der Waals surface area (Å²) in [4.78, 5) is 34.4. The van der Waals surface area contributed by atoms with Crippen LogP contribution in [0.5, 0.6) is 0 Å². The van der Waals surface area contributed by atoms with E-state index in [1.807, 2.05) is 82.7 Å². The van der Waals surface area contributed by atoms with Gasteiger partial charge in [0.15, 0.2) is 0 Å². The van der Waals surface area contributed by atoms with E-state index in [1.165, 1.54) is 0 Å². The molecule has 2 aromatic carbocycles. The molecule has 2 saturated heterocycles. The predicted molar refractivity (Wildman–Crippen MR) is 164 cm³/mol. The Morgan fingerprint density at radius 1 is 1.14 bits per heavy atom. The average Bonchev–Trinajstić information content (AvgIpc) is 3.84. The minimum atomic E-state index is -1.04. The molecule has 2 fully saturated rings. The number of amides is 2. The standard InChI is InChI=1S/C33H36FN5O3S/c1-21-20-43-32(36-21)29-10-7-13-39(29)33(42)24-15-23(16-26(17-24)38-11-5-6-12-38)31(41)37-28(14-22-8-3-2-4-9-22)30(40)27-18-25(34)19-35-27/h2-6,8-9,11-12,15-17,20,25,27-30,35,40H,7,10,13-14,18-19H2,1H3,(H,37,41)/t25-,27+,28-,29?,30+/m0/s1. The third-order valence-electron chi connectivity index (χ3n) is 8.32. The molecule has 43 heavy (non-hydrogen) atoms. The molecule has 2 amide bonds. The lowest BCUT2D eigenvalue weighted by Crippen LogP contribution is -2.52. The molecule has 6 rings (SSSR count). The summed E-state index contributed by atoms with van der Waals surface area (Å²) in [7, 11) is 0. The lowest BCUT2D eigenvalue weighted by atomic mass is 9.94. The van der Waals surface area contributed by atoms with Gasteiger partial charge in [0.05, 0.1) is 18.2 Å². The molecular weight excluding hydrogens is 565 g/mol. The highest BCUT2D eigenvalue weighted by Crippen LogP contribution is 2.35. The molecule has 0 spiro atoms. The zero-order chi connectivity index (χ0) is 29.9. The van der Waals surface area contributed by atoms with Crippen molar-refractivity contribution in [2.45, 2.75) is 63.0 Å². The first-order valence-electron chi connectivity index (χ1n) is 14.8. The first kappa shape index (κ1) is 29.2. The second-order valence-electron chi connectivity index (χ2n) is 11.5. The van der Waals surface area contributed by atoms with E-state index in [0.29, 0.717) is 29.8 Å². The Hall–Kier alpha value is -3.86. The third-order valence-corrected chi connectivity index (χ3v) is 9.38. The zero-order valence-corrected chi connectivity index (χ0v) is 24.8. The van der Waals surface area contributed by atoms with Crippen molar-refractivity contribution in [3.05, 3.63) is 106 Å². The molecule has 1 unspecified atom stereocenters. The van der Waals surface area contributed by atoms with Crippen LogP contribution in [0.4, 0.5) is 4.39 Å². The van der Waals surface area contributed by atoms with Gasteiger partial charge >= 0.3 is 0 Å². The summed E-state index contributed by atoms with van der Waals surface area (Å²) >= 11 is 1.57. The number of thiazole rings is 1. The number of nitrogens with one attached hydrogen (secondary N) is 2. The monoisotopic (exact) mass is 601 g/mol. The van der Waals surface area contributed by atoms with Gasteiger partial charge in [-0.3, -0.25) is 9.59 Å². The van der Waals surface area contributed by atoms with Gasteiger partial charge in [-0.1, -0.05) is 30.3 Å². The number of halogens is 1. The van der Waals surface area contributed by atoms with Crippen LogP contribution >= 0.6 is 11.3 Å². The molecule has 4 heterocycles. The Kier molecular flexibility index (Phi) is 8.69. The van der Waals surface area contributed by atoms with Crippen molar-refractivity contribution in [3.8, 4) is 5.69 Å². The van der Waals surface area contributed by atoms with Gasteiger partial charge in [-0.2, -0.15) is 0 Å². The molecule has 0 saturated carbocycles. The van der Waals surface area contributed by atoms with Crippen LogP contribution in [0.2, 0.25) is 0 Å². The summed E-state index contributed by atoms with van der Waals surface area (Å²) in [5.74, 6) is -0.560. The van der Waals surface area contributed by atoms with Crippen molar-refractivity contribution < 1.29 is 19.1 Å². The Morgan fingerprint density at radius 2 is 1.91 bits per heavy atom. The van der Waals surface area contributed by atoms with E-state index in [4.69, 9.17) is 0 Å². The average molecular weight is 602 g/mol. The van der Waals surface area contributed by atoms with Crippen LogP contribution in [0.3, 0.4) is 0 Å². The van der Waals surface area contributed by atoms with E-state index in [9.17, 15) is 19.1 Å². The molecule has 8 nitrogen and oxygen atoms in total. The van der Waals surface area contributed by atoms with Crippen LogP contribution in [0.1, 0.15) is 62.3 Å². The second kappa shape index (κ2) is 12.8. The SMILES string of the molecule is Cc1csc(C2CCCN2C(=O)c2cc(C(=O)N[C@@H](Cc3ccccc3)[C@H](O)[C@H]3C[C@H](F)CN3)cc(-n3cccc3)c2)n1. The first-order valence-corrected chi connectivity index (χ1v) is 15.7. The Balaban J connectivity index is 1.30. The highest BCUT2D eigenvalue weighted by molar-refractivity contribution is 7.09. The van der Waals surface area contributed by atoms with Gasteiger partial charge in [0.1, 0.15) is 11.2 Å². The van der Waals surface area contributed by atoms with Crippen LogP contribution in [-0.2, 0) is 6.42 Å². The summed E-state index contributed by atoms with van der Waals surface area (Å²) in [6.45, 7) is 2.75. The Bertz CT molecular complexity index is 1560. The highest BCUT2D eigenvalue weighted by atomic mass is 32.1. The molecule has 3 N–H and O–H groups in total. The van der Waals surface area contributed by atoms with Crippen LogP contribution in [0.15, 0.2) is 78.4 Å². The first-order chi connectivity index (χ1) is 20.9. The minimum Gasteiger partial charge on any atom is -0.389 e. The quantitative estimate of drug-likeness (QED) is 0.260. The molecule has 2 aliphatic rings. The number of carbonyl (C=O) groups excluding carboxylic acids is 2. The Morgan fingerprint density at radius 3 is 2.60 bits per heavy atom. The molecule has 2 aliphatic heterocycles. The highest BCUT2D eigenvalue weighted by Gasteiger charge is 2.36. The number of likely N-dealkylation sites (tertiary alicyclic amines) is 1. The van der Waals surface area contributed by atoms with E-state index in [1.54, 1.807) is 23.5 Å². The third kappa shape index (κ3) is 6.56. The topological polar surface area (TPSA) is 99.5 Å². The molecule has 5 atom stereocenters. The lowest BCUT2D eigenvalue weighted by molar-refractivity contribution is 0.0728. The number of alkyl halides is 1. The fourth-order valence-electron chi connectivity index (χ4n) is 6.12. The maximum atomic E-state index is 14.0. The Labute approximate surface area is 254 Å². The molecule has 0 radical (unpaired) electrons. The number of carbonyl (C=O) groups is 2. The summed E-state index contributed by atoms with van der Waals surface area (Å²) in [5.41, 5.74) is 3.28. The van der Waals surface area contributed by atoms with Crippen LogP contribution in [0.25, 0.3) is 5.69 Å². The maximum absolute atomic E-state index is 14.0. The number of aromatic nitrogens is 2. The molecule has 224 valence electrons. The smallest absolute Gasteiger partial charge is 0.254 e. The number of hydrogen-bond donors (Lipinski definition) is 3. The van der Waals surface area contributed by atoms with Crippen LogP contribution < -0.4 is 10.6 Å². The predicted octanol–water partition coefficient (Wildman–Crippen LogP) is 4.62. The molecule has 0 aliphatic carbocycles. The van der Waals surface area contributed by atoms with Crippen molar-refractivity contribution in [1.82, 2.24) is 25.1 Å². The summed E-state index contributed by atoms with van der Waals surface area (Å²) in [6, 6.07) is 17.3. The molecular formula is C33H36FN5O3S. The summed E-state index contributed by atoms with van der Waals surface area (Å²) in [6.07, 6.45) is 3.96. The normalized spacial score (nSPS) is 21.6. The van der Waals surface area contributed by atoms with Crippen molar-refractivity contribution in [2.75, 3.05) is 13.1 Å². The van der Waals surface area contributed by atoms with Gasteiger partial charge in [-0.25, -0.2) is 9.37 Å². The largest absolute Gasteiger partial charge is 0.389 e. The van der Waals surface area contributed by atoms with Crippen molar-refractivity contribution >= 4 is 23.2 Å². The van der Waals surface area contributed by atoms with Gasteiger partial charge in [-0.15, -0.1) is 11.3 Å². The fourth-order valence-corrected chi connectivity index (χ4v) is 7.06. The van der Waals surface area contributed by atoms with E-state index in [0.717, 1.165) is 29.1 Å². The summed E-state index contributed by atoms with van der Waals surface area (Å²) in [5, 5.41) is 20.3. The van der Waals surface area contributed by atoms with Gasteiger partial charge in [0.25, 0.3) is 11.8 Å². The number of aryl methyl sites for hydroxylation is 1. The van der Waals surface area contributed by atoms with Gasteiger partial charge < -0.3 is 25.2 Å². The van der Waals surface area contributed by atoms with Crippen molar-refractivity contribution in [3.63, 3.8) is 0 Å². The van der Waals surface area contributed by atoms with Gasteiger partial charge in [0, 0.05) is 59.4 Å². The number of benzene rings is 2. The van der Waals surface area contributed by atoms with E-state index < -0.39 is 30.3 Å². The maximum Gasteiger partial charge on any atom is 0.254 e. The molecule has 4 aromatic rings. The number of hydrogen-bond acceptors (Lipinski definition) is 6. The van der Waals surface area contributed by atoms with Crippen LogP contribution in [0, 0.1) is 6.92 Å². The van der Waals surface area contributed by atoms with E-state index in [2.05, 4.69) is 15.6 Å². The van der Waals surface area contributed by atoms with E-state index in [-0.39, 0.29) is 24.9 Å². The van der Waals surface area contributed by atoms with Gasteiger partial charge in [-0.05, 0) is 68.5 Å². The minimum absolute atomic E-state index is 0.0950. The molecule has 10 heteroatoms.